The van der Waals surface area contributed by atoms with E-state index in [1.807, 2.05) is 31.2 Å². The van der Waals surface area contributed by atoms with Crippen molar-refractivity contribution in [3.63, 3.8) is 0 Å². The molecule has 0 aliphatic heterocycles. The third-order valence-corrected chi connectivity index (χ3v) is 5.68. The molecule has 0 bridgehead atoms. The van der Waals surface area contributed by atoms with Gasteiger partial charge in [0.1, 0.15) is 16.3 Å². The Labute approximate surface area is 189 Å². The van der Waals surface area contributed by atoms with Crippen molar-refractivity contribution >= 4 is 49.3 Å². The van der Waals surface area contributed by atoms with Crippen LogP contribution in [0.2, 0.25) is 0 Å². The number of fused-ring (bicyclic) bond motifs is 1. The number of aryl methyl sites for hydroxylation is 1. The average Bonchev–Trinajstić information content (AvgIpc) is 2.78. The number of anilines is 1. The molecule has 0 fully saturated rings. The highest BCUT2D eigenvalue weighted by Crippen LogP contribution is 2.46. The van der Waals surface area contributed by atoms with Gasteiger partial charge >= 0.3 is 0 Å². The Morgan fingerprint density at radius 2 is 1.52 bits per heavy atom. The van der Waals surface area contributed by atoms with Crippen LogP contribution in [0.15, 0.2) is 98.1 Å². The van der Waals surface area contributed by atoms with Gasteiger partial charge in [-0.25, -0.2) is 0 Å². The fourth-order valence-electron chi connectivity index (χ4n) is 3.24. The van der Waals surface area contributed by atoms with Crippen molar-refractivity contribution in [1.82, 2.24) is 0 Å². The van der Waals surface area contributed by atoms with Gasteiger partial charge in [0.2, 0.25) is 0 Å². The smallest absolute Gasteiger partial charge is 0.296 e. The molecule has 4 N–H and O–H groups in total. The molecule has 4 aromatic rings. The normalized spacial score (nSPS) is 12.2. The van der Waals surface area contributed by atoms with Gasteiger partial charge in [-0.05, 0) is 54.3 Å². The number of nitrogens with two attached hydrogens (primary N) is 1. The molecule has 166 valence electrons. The highest BCUT2D eigenvalue weighted by atomic mass is 32.2. The minimum Gasteiger partial charge on any atom is -0.505 e. The topological polar surface area (TPSA) is 150 Å². The molecule has 0 amide bonds. The van der Waals surface area contributed by atoms with E-state index in [2.05, 4.69) is 20.5 Å². The first kappa shape index (κ1) is 22.1. The second-order valence-corrected chi connectivity index (χ2v) is 8.61. The highest BCUT2D eigenvalue weighted by molar-refractivity contribution is 7.86. The molecule has 0 atom stereocenters. The number of benzene rings is 4. The van der Waals surface area contributed by atoms with Crippen molar-refractivity contribution in [2.45, 2.75) is 11.8 Å². The van der Waals surface area contributed by atoms with E-state index in [9.17, 15) is 18.1 Å². The van der Waals surface area contributed by atoms with Crippen LogP contribution in [-0.4, -0.2) is 18.1 Å². The first-order chi connectivity index (χ1) is 15.7. The number of phenols is 1. The number of azo groups is 2. The van der Waals surface area contributed by atoms with Crippen LogP contribution in [0.3, 0.4) is 0 Å². The van der Waals surface area contributed by atoms with Gasteiger partial charge in [-0.1, -0.05) is 36.4 Å². The van der Waals surface area contributed by atoms with E-state index in [0.717, 1.165) is 5.56 Å². The van der Waals surface area contributed by atoms with E-state index in [-0.39, 0.29) is 22.1 Å². The summed E-state index contributed by atoms with van der Waals surface area (Å²) in [6.07, 6.45) is 0. The van der Waals surface area contributed by atoms with Gasteiger partial charge in [0.25, 0.3) is 10.1 Å². The van der Waals surface area contributed by atoms with Crippen molar-refractivity contribution in [3.8, 4) is 5.75 Å². The molecule has 0 aliphatic rings. The lowest BCUT2D eigenvalue weighted by Gasteiger charge is -2.11. The lowest BCUT2D eigenvalue weighted by molar-refractivity contribution is 0.472. The van der Waals surface area contributed by atoms with Crippen LogP contribution in [0, 0.1) is 6.92 Å². The van der Waals surface area contributed by atoms with Crippen molar-refractivity contribution in [2.24, 2.45) is 20.5 Å². The van der Waals surface area contributed by atoms with E-state index in [1.165, 1.54) is 18.2 Å². The van der Waals surface area contributed by atoms with E-state index >= 15 is 0 Å². The summed E-state index contributed by atoms with van der Waals surface area (Å²) in [5, 5.41) is 27.5. The Morgan fingerprint density at radius 3 is 2.21 bits per heavy atom. The molecule has 0 saturated carbocycles. The highest BCUT2D eigenvalue weighted by Gasteiger charge is 2.23. The number of nitrogen functional groups attached to an aromatic ring is 1. The van der Waals surface area contributed by atoms with Crippen molar-refractivity contribution in [1.29, 1.82) is 0 Å². The van der Waals surface area contributed by atoms with Crippen LogP contribution in [0.25, 0.3) is 10.8 Å². The molecule has 0 radical (unpaired) electrons. The fraction of sp³-hybridized carbons (Fsp3) is 0.0435. The molecular formula is C23H19N5O4S. The summed E-state index contributed by atoms with van der Waals surface area (Å²) in [6.45, 7) is 1.86. The van der Waals surface area contributed by atoms with Crippen LogP contribution in [0.1, 0.15) is 5.56 Å². The van der Waals surface area contributed by atoms with Crippen LogP contribution >= 0.6 is 0 Å². The lowest BCUT2D eigenvalue weighted by atomic mass is 10.1. The number of nitrogens with zero attached hydrogens (tertiary/aromatic N) is 4. The predicted octanol–water partition coefficient (Wildman–Crippen LogP) is 6.51. The van der Waals surface area contributed by atoms with Crippen LogP contribution in [-0.2, 0) is 10.1 Å². The van der Waals surface area contributed by atoms with Gasteiger partial charge in [-0.2, -0.15) is 18.6 Å². The predicted molar refractivity (Wildman–Crippen MR) is 126 cm³/mol. The van der Waals surface area contributed by atoms with Crippen LogP contribution in [0.5, 0.6) is 5.75 Å². The molecule has 0 spiro atoms. The first-order valence-corrected chi connectivity index (χ1v) is 11.2. The van der Waals surface area contributed by atoms with Crippen LogP contribution in [0.4, 0.5) is 28.4 Å². The van der Waals surface area contributed by atoms with Crippen molar-refractivity contribution in [2.75, 3.05) is 5.73 Å². The molecule has 33 heavy (non-hydrogen) atoms. The van der Waals surface area contributed by atoms with Gasteiger partial charge in [-0.15, -0.1) is 10.2 Å². The maximum Gasteiger partial charge on any atom is 0.296 e. The van der Waals surface area contributed by atoms with E-state index in [4.69, 9.17) is 5.73 Å². The summed E-state index contributed by atoms with van der Waals surface area (Å²) in [4.78, 5) is -0.595. The van der Waals surface area contributed by atoms with Gasteiger partial charge in [-0.3, -0.25) is 4.55 Å². The van der Waals surface area contributed by atoms with Crippen LogP contribution < -0.4 is 5.73 Å². The van der Waals surface area contributed by atoms with Gasteiger partial charge < -0.3 is 10.8 Å². The molecular weight excluding hydrogens is 442 g/mol. The Kier molecular flexibility index (Phi) is 5.86. The van der Waals surface area contributed by atoms with E-state index in [0.29, 0.717) is 11.4 Å². The Morgan fingerprint density at radius 1 is 0.818 bits per heavy atom. The third kappa shape index (κ3) is 4.71. The largest absolute Gasteiger partial charge is 0.505 e. The molecule has 0 heterocycles. The summed E-state index contributed by atoms with van der Waals surface area (Å²) in [7, 11) is -4.73. The quantitative estimate of drug-likeness (QED) is 0.176. The number of hydrogen-bond acceptors (Lipinski definition) is 8. The zero-order valence-electron chi connectivity index (χ0n) is 17.4. The fourth-order valence-corrected chi connectivity index (χ4v) is 3.90. The number of hydrogen-bond donors (Lipinski definition) is 3. The minimum atomic E-state index is -4.73. The molecule has 0 saturated heterocycles. The standard InChI is InChI=1S/C23H19N5O4S/c1-14-6-5-9-17(12-14)26-28-22-19(33(30,31)32)13-15-10-11-18(21(24)20(15)23(22)29)27-25-16-7-3-2-4-8-16/h2-13,29H,24H2,1H3,(H,30,31,32). The summed E-state index contributed by atoms with van der Waals surface area (Å²) < 4.78 is 33.7. The molecule has 4 rings (SSSR count). The number of phenolic OH excluding ortho intramolecular Hbond substituents is 1. The van der Waals surface area contributed by atoms with Gasteiger partial charge in [0.05, 0.1) is 22.4 Å². The molecule has 9 nitrogen and oxygen atoms in total. The summed E-state index contributed by atoms with van der Waals surface area (Å²) >= 11 is 0. The first-order valence-electron chi connectivity index (χ1n) is 9.75. The monoisotopic (exact) mass is 461 g/mol. The number of aromatic hydroxyl groups is 1. The maximum atomic E-state index is 12.0. The van der Waals surface area contributed by atoms with E-state index < -0.39 is 26.5 Å². The molecule has 0 aliphatic carbocycles. The zero-order chi connectivity index (χ0) is 23.6. The Balaban J connectivity index is 1.89. The summed E-state index contributed by atoms with van der Waals surface area (Å²) in [5.41, 5.74) is 8.11. The SMILES string of the molecule is Cc1cccc(N=Nc2c(S(=O)(=O)O)cc3ccc(N=Nc4ccccc4)c(N)c3c2O)c1. The molecule has 0 aromatic heterocycles. The lowest BCUT2D eigenvalue weighted by Crippen LogP contribution is -2.00. The Bertz CT molecular complexity index is 1520. The van der Waals surface area contributed by atoms with Gasteiger partial charge in [0, 0.05) is 0 Å². The minimum absolute atomic E-state index is 0.0681. The summed E-state index contributed by atoms with van der Waals surface area (Å²) in [6, 6.07) is 20.2. The second-order valence-electron chi connectivity index (χ2n) is 7.22. The molecule has 10 heteroatoms. The number of rotatable bonds is 5. The molecule has 4 aromatic carbocycles. The second kappa shape index (κ2) is 8.77. The zero-order valence-corrected chi connectivity index (χ0v) is 18.2. The van der Waals surface area contributed by atoms with Gasteiger partial charge in [0.15, 0.2) is 5.75 Å². The summed E-state index contributed by atoms with van der Waals surface area (Å²) in [5.74, 6) is -0.550. The Hall–Kier alpha value is -4.15. The van der Waals surface area contributed by atoms with Crippen molar-refractivity contribution < 1.29 is 18.1 Å². The average molecular weight is 462 g/mol. The third-order valence-electron chi connectivity index (χ3n) is 4.81. The maximum absolute atomic E-state index is 12.0. The van der Waals surface area contributed by atoms with E-state index in [1.54, 1.807) is 30.3 Å². The van der Waals surface area contributed by atoms with Crippen molar-refractivity contribution in [3.05, 3.63) is 78.4 Å². The molecule has 0 unspecified atom stereocenters.